The van der Waals surface area contributed by atoms with Crippen molar-refractivity contribution in [3.63, 3.8) is 0 Å². The number of benzene rings is 1. The molecule has 0 N–H and O–H groups in total. The molecule has 0 radical (unpaired) electrons. The molecule has 3 nitrogen and oxygen atoms in total. The van der Waals surface area contributed by atoms with Crippen molar-refractivity contribution in [1.82, 2.24) is 0 Å². The first-order valence-corrected chi connectivity index (χ1v) is 12.6. The maximum Gasteiger partial charge on any atom is 0.338 e. The third kappa shape index (κ3) is 3.20. The van der Waals surface area contributed by atoms with E-state index in [9.17, 15) is 9.59 Å². The molecule has 0 aromatic heterocycles. The number of halogens is 1. The Morgan fingerprint density at radius 1 is 1.13 bits per heavy atom. The monoisotopic (exact) mass is 518 g/mol. The van der Waals surface area contributed by atoms with E-state index in [1.807, 2.05) is 24.3 Å². The molecule has 0 spiro atoms. The third-order valence-corrected chi connectivity index (χ3v) is 9.69. The molecular weight excluding hydrogens is 487 g/mol. The van der Waals surface area contributed by atoms with Crippen LogP contribution in [0.3, 0.4) is 0 Å². The molecule has 1 aromatic rings. The lowest BCUT2D eigenvalue weighted by molar-refractivity contribution is -0.127. The number of carbonyl (C=O) groups excluding carboxylic acids is 2. The molecule has 4 heteroatoms. The number of fused-ring (bicyclic) bond motifs is 5. The normalized spacial score (nSPS) is 40.1. The Morgan fingerprint density at radius 2 is 1.97 bits per heavy atom. The van der Waals surface area contributed by atoms with Gasteiger partial charge in [-0.2, -0.15) is 0 Å². The van der Waals surface area contributed by atoms with Crippen molar-refractivity contribution in [2.45, 2.75) is 71.3 Å². The summed E-state index contributed by atoms with van der Waals surface area (Å²) >= 11 is 2.23. The molecule has 0 bridgehead atoms. The van der Waals surface area contributed by atoms with E-state index in [0.717, 1.165) is 42.1 Å². The van der Waals surface area contributed by atoms with Crippen LogP contribution in [-0.2, 0) is 9.53 Å². The second-order valence-corrected chi connectivity index (χ2v) is 11.7. The second kappa shape index (κ2) is 7.46. The van der Waals surface area contributed by atoms with Gasteiger partial charge in [-0.05, 0) is 109 Å². The average Bonchev–Trinajstić information content (AvgIpc) is 3.03. The van der Waals surface area contributed by atoms with Gasteiger partial charge in [-0.25, -0.2) is 4.79 Å². The Balaban J connectivity index is 1.31. The Bertz CT molecular complexity index is 921. The van der Waals surface area contributed by atoms with Gasteiger partial charge in [0.2, 0.25) is 0 Å². The molecule has 1 aromatic carbocycles. The summed E-state index contributed by atoms with van der Waals surface area (Å²) in [5.41, 5.74) is 2.38. The molecule has 5 rings (SSSR count). The van der Waals surface area contributed by atoms with Crippen LogP contribution in [0.1, 0.15) is 75.6 Å². The van der Waals surface area contributed by atoms with E-state index in [0.29, 0.717) is 29.1 Å². The lowest BCUT2D eigenvalue weighted by Crippen LogP contribution is -2.49. The summed E-state index contributed by atoms with van der Waals surface area (Å²) in [5, 5.41) is 0. The molecule has 6 atom stereocenters. The highest BCUT2D eigenvalue weighted by Crippen LogP contribution is 2.63. The lowest BCUT2D eigenvalue weighted by atomic mass is 9.49. The van der Waals surface area contributed by atoms with Crippen molar-refractivity contribution in [2.75, 3.05) is 0 Å². The average molecular weight is 518 g/mol. The van der Waals surface area contributed by atoms with Crippen LogP contribution < -0.4 is 0 Å². The van der Waals surface area contributed by atoms with Crippen molar-refractivity contribution in [3.8, 4) is 0 Å². The Hall–Kier alpha value is -1.17. The minimum atomic E-state index is -0.187. The molecular formula is C26H31IO3. The zero-order chi connectivity index (χ0) is 21.1. The minimum absolute atomic E-state index is 0.0208. The van der Waals surface area contributed by atoms with Crippen LogP contribution in [-0.4, -0.2) is 17.9 Å². The summed E-state index contributed by atoms with van der Waals surface area (Å²) in [6.07, 6.45) is 10.6. The fraction of sp³-hybridized carbons (Fsp3) is 0.615. The topological polar surface area (TPSA) is 43.4 Å². The van der Waals surface area contributed by atoms with Crippen LogP contribution in [0, 0.1) is 32.2 Å². The van der Waals surface area contributed by atoms with Gasteiger partial charge in [0.1, 0.15) is 11.9 Å². The van der Waals surface area contributed by atoms with E-state index in [4.69, 9.17) is 4.74 Å². The molecule has 160 valence electrons. The number of rotatable bonds is 2. The number of esters is 1. The number of ether oxygens (including phenoxy) is 1. The van der Waals surface area contributed by atoms with Crippen LogP contribution in [0.4, 0.5) is 0 Å². The number of ketones is 1. The zero-order valence-corrected chi connectivity index (χ0v) is 20.1. The van der Waals surface area contributed by atoms with Crippen molar-refractivity contribution in [1.29, 1.82) is 0 Å². The molecule has 0 amide bonds. The van der Waals surface area contributed by atoms with Gasteiger partial charge in [0.25, 0.3) is 0 Å². The van der Waals surface area contributed by atoms with E-state index < -0.39 is 0 Å². The van der Waals surface area contributed by atoms with E-state index in [1.165, 1.54) is 12.8 Å². The number of hydrogen-bond donors (Lipinski definition) is 0. The SMILES string of the molecule is C[C@]12CC=C3C(CC[C@H]4C[C@H](OC(=O)c5cccc(I)c5)CC[C@]34C)C1CCC2=O. The van der Waals surface area contributed by atoms with Gasteiger partial charge in [0.05, 0.1) is 5.56 Å². The van der Waals surface area contributed by atoms with Crippen LogP contribution in [0.2, 0.25) is 0 Å². The molecule has 4 aliphatic rings. The predicted octanol–water partition coefficient (Wildman–Crippen LogP) is 6.35. The quantitative estimate of drug-likeness (QED) is 0.261. The zero-order valence-electron chi connectivity index (χ0n) is 18.0. The van der Waals surface area contributed by atoms with Crippen LogP contribution in [0.15, 0.2) is 35.9 Å². The van der Waals surface area contributed by atoms with Crippen molar-refractivity contribution in [2.24, 2.45) is 28.6 Å². The van der Waals surface area contributed by atoms with Gasteiger partial charge in [0, 0.05) is 15.4 Å². The van der Waals surface area contributed by atoms with E-state index in [1.54, 1.807) is 5.57 Å². The lowest BCUT2D eigenvalue weighted by Gasteiger charge is -2.56. The van der Waals surface area contributed by atoms with Crippen LogP contribution in [0.5, 0.6) is 0 Å². The van der Waals surface area contributed by atoms with Crippen molar-refractivity contribution in [3.05, 3.63) is 45.0 Å². The molecule has 0 heterocycles. The highest BCUT2D eigenvalue weighted by molar-refractivity contribution is 14.1. The third-order valence-electron chi connectivity index (χ3n) is 9.02. The summed E-state index contributed by atoms with van der Waals surface area (Å²) in [6.45, 7) is 4.67. The molecule has 4 aliphatic carbocycles. The van der Waals surface area contributed by atoms with Gasteiger partial charge >= 0.3 is 5.97 Å². The standard InChI is InChI=1S/C26H31IO3/c1-25-12-10-19(30-24(29)16-4-3-5-18(27)14-16)15-17(25)6-7-20-21-8-9-23(28)26(21,2)13-11-22(20)25/h3-5,11,14,17,19-21H,6-10,12-13,15H2,1-2H3/t17-,19+,20?,21?,25-,26-/m0/s1. The van der Waals surface area contributed by atoms with Gasteiger partial charge in [-0.15, -0.1) is 0 Å². The largest absolute Gasteiger partial charge is 0.459 e. The first-order chi connectivity index (χ1) is 14.3. The van der Waals surface area contributed by atoms with E-state index in [2.05, 4.69) is 42.5 Å². The van der Waals surface area contributed by atoms with E-state index >= 15 is 0 Å². The molecule has 2 unspecified atom stereocenters. The Kier molecular flexibility index (Phi) is 5.15. The first-order valence-electron chi connectivity index (χ1n) is 11.5. The predicted molar refractivity (Wildman–Crippen MR) is 125 cm³/mol. The first kappa shape index (κ1) is 20.7. The maximum absolute atomic E-state index is 12.7. The molecule has 0 saturated heterocycles. The summed E-state index contributed by atoms with van der Waals surface area (Å²) in [6, 6.07) is 7.64. The molecule has 30 heavy (non-hydrogen) atoms. The minimum Gasteiger partial charge on any atom is -0.459 e. The molecule has 3 saturated carbocycles. The highest BCUT2D eigenvalue weighted by Gasteiger charge is 2.57. The summed E-state index contributed by atoms with van der Waals surface area (Å²) in [5.74, 6) is 2.00. The van der Waals surface area contributed by atoms with E-state index in [-0.39, 0.29) is 22.9 Å². The number of allylic oxidation sites excluding steroid dienone is 2. The number of hydrogen-bond acceptors (Lipinski definition) is 3. The van der Waals surface area contributed by atoms with Gasteiger partial charge in [0.15, 0.2) is 0 Å². The molecule has 3 fully saturated rings. The number of Topliss-reactive ketones (excluding diaryl/α,β-unsaturated/α-hetero) is 1. The van der Waals surface area contributed by atoms with Crippen LogP contribution >= 0.6 is 22.6 Å². The Labute approximate surface area is 193 Å². The second-order valence-electron chi connectivity index (χ2n) is 10.5. The van der Waals surface area contributed by atoms with Crippen LogP contribution in [0.25, 0.3) is 0 Å². The fourth-order valence-corrected chi connectivity index (χ4v) is 7.75. The number of carbonyl (C=O) groups is 2. The van der Waals surface area contributed by atoms with Gasteiger partial charge in [-0.1, -0.05) is 31.6 Å². The van der Waals surface area contributed by atoms with Gasteiger partial charge in [-0.3, -0.25) is 4.79 Å². The molecule has 0 aliphatic heterocycles. The van der Waals surface area contributed by atoms with Crippen molar-refractivity contribution < 1.29 is 14.3 Å². The Morgan fingerprint density at radius 3 is 2.77 bits per heavy atom. The maximum atomic E-state index is 12.7. The summed E-state index contributed by atoms with van der Waals surface area (Å²) < 4.78 is 7.01. The summed E-state index contributed by atoms with van der Waals surface area (Å²) in [4.78, 5) is 25.2. The summed E-state index contributed by atoms with van der Waals surface area (Å²) in [7, 11) is 0. The fourth-order valence-electron chi connectivity index (χ4n) is 7.21. The van der Waals surface area contributed by atoms with Gasteiger partial charge < -0.3 is 4.74 Å². The smallest absolute Gasteiger partial charge is 0.338 e. The highest BCUT2D eigenvalue weighted by atomic mass is 127. The van der Waals surface area contributed by atoms with Crippen molar-refractivity contribution >= 4 is 34.3 Å².